The molecule has 82 heavy (non-hydrogen) atoms. The molecular weight excluding hydrogens is 1010 g/mol. The Labute approximate surface area is 511 Å². The van der Waals surface area contributed by atoms with E-state index in [1.165, 1.54) is 283 Å². The smallest absolute Gasteiger partial charge is 0.306 e. The van der Waals surface area contributed by atoms with Crippen molar-refractivity contribution in [2.24, 2.45) is 0 Å². The van der Waals surface area contributed by atoms with E-state index in [4.69, 9.17) is 14.2 Å². The first-order valence-electron chi connectivity index (χ1n) is 36.6. The van der Waals surface area contributed by atoms with Gasteiger partial charge in [-0.05, 0) is 103 Å². The maximum absolute atomic E-state index is 12.9. The summed E-state index contributed by atoms with van der Waals surface area (Å²) in [6.45, 7) is 6.67. The lowest BCUT2D eigenvalue weighted by Crippen LogP contribution is -2.30. The SMILES string of the molecule is CCCCCC/C=C\C/C=C\CCCCCCCCCC(=O)OC(COC(=O)CCCCCCC/C=C\CCCCCCCC)COC(=O)CCCCCCCCCCCCCCCCCCCCC/C=C\CCCCCCCCCC. The van der Waals surface area contributed by atoms with Crippen molar-refractivity contribution in [2.75, 3.05) is 13.2 Å². The summed E-state index contributed by atoms with van der Waals surface area (Å²) >= 11 is 0. The summed E-state index contributed by atoms with van der Waals surface area (Å²) in [4.78, 5) is 38.4. The second kappa shape index (κ2) is 70.9. The number of unbranched alkanes of at least 4 members (excludes halogenated alkanes) is 49. The zero-order valence-electron chi connectivity index (χ0n) is 55.3. The normalized spacial score (nSPS) is 12.3. The molecule has 0 aliphatic rings. The number of rotatable bonds is 68. The molecule has 0 aromatic carbocycles. The van der Waals surface area contributed by atoms with Gasteiger partial charge in [0.2, 0.25) is 0 Å². The molecule has 0 fully saturated rings. The summed E-state index contributed by atoms with van der Waals surface area (Å²) in [6.07, 6.45) is 90.1. The number of esters is 3. The minimum absolute atomic E-state index is 0.0751. The molecule has 0 spiro atoms. The highest BCUT2D eigenvalue weighted by molar-refractivity contribution is 5.71. The van der Waals surface area contributed by atoms with Crippen molar-refractivity contribution < 1.29 is 28.6 Å². The van der Waals surface area contributed by atoms with Crippen LogP contribution in [0.1, 0.15) is 400 Å². The number of carbonyl (C=O) groups is 3. The Balaban J connectivity index is 4.19. The summed E-state index contributed by atoms with van der Waals surface area (Å²) in [5, 5.41) is 0. The first-order chi connectivity index (χ1) is 40.5. The largest absolute Gasteiger partial charge is 0.462 e. The van der Waals surface area contributed by atoms with Crippen LogP contribution in [-0.2, 0) is 28.6 Å². The van der Waals surface area contributed by atoms with Gasteiger partial charge in [0.15, 0.2) is 6.10 Å². The highest BCUT2D eigenvalue weighted by atomic mass is 16.6. The molecule has 0 radical (unpaired) electrons. The summed E-state index contributed by atoms with van der Waals surface area (Å²) in [6, 6.07) is 0. The number of ether oxygens (including phenoxy) is 3. The van der Waals surface area contributed by atoms with Gasteiger partial charge in [-0.15, -0.1) is 0 Å². The van der Waals surface area contributed by atoms with Gasteiger partial charge < -0.3 is 14.2 Å². The van der Waals surface area contributed by atoms with Crippen LogP contribution in [0.2, 0.25) is 0 Å². The highest BCUT2D eigenvalue weighted by Crippen LogP contribution is 2.18. The van der Waals surface area contributed by atoms with E-state index in [-0.39, 0.29) is 31.1 Å². The molecule has 480 valence electrons. The third-order valence-electron chi connectivity index (χ3n) is 16.5. The molecule has 0 aromatic rings. The van der Waals surface area contributed by atoms with Crippen LogP contribution in [0, 0.1) is 0 Å². The lowest BCUT2D eigenvalue weighted by Gasteiger charge is -2.18. The van der Waals surface area contributed by atoms with Crippen molar-refractivity contribution in [2.45, 2.75) is 406 Å². The zero-order chi connectivity index (χ0) is 59.2. The molecule has 0 saturated heterocycles. The van der Waals surface area contributed by atoms with Gasteiger partial charge in [-0.25, -0.2) is 0 Å². The standard InChI is InChI=1S/C76H140O6/c1-4-7-10-13-16-19-22-25-28-30-32-33-34-35-36-37-38-39-40-41-42-43-44-46-48-51-54-57-60-63-66-69-75(78)81-72-73(71-80-74(77)68-65-62-59-56-53-50-47-27-24-21-18-15-12-9-6-3)82-76(79)70-67-64-61-58-55-52-49-45-31-29-26-23-20-17-14-11-8-5-2/h20,23,27,29-32,47,73H,4-19,21-22,24-26,28,33-46,48-72H2,1-3H3/b23-20-,31-29-,32-30-,47-27-. The zero-order valence-corrected chi connectivity index (χ0v) is 55.3. The van der Waals surface area contributed by atoms with Gasteiger partial charge in [-0.2, -0.15) is 0 Å². The van der Waals surface area contributed by atoms with E-state index in [9.17, 15) is 14.4 Å². The second-order valence-electron chi connectivity index (χ2n) is 24.8. The van der Waals surface area contributed by atoms with Crippen molar-refractivity contribution in [3.63, 3.8) is 0 Å². The predicted molar refractivity (Wildman–Crippen MR) is 358 cm³/mol. The van der Waals surface area contributed by atoms with Crippen LogP contribution in [0.4, 0.5) is 0 Å². The van der Waals surface area contributed by atoms with Crippen LogP contribution in [0.5, 0.6) is 0 Å². The summed E-state index contributed by atoms with van der Waals surface area (Å²) in [5.74, 6) is -0.866. The van der Waals surface area contributed by atoms with E-state index >= 15 is 0 Å². The molecular formula is C76H140O6. The fraction of sp³-hybridized carbons (Fsp3) is 0.855. The Morgan fingerprint density at radius 3 is 0.695 bits per heavy atom. The van der Waals surface area contributed by atoms with Crippen molar-refractivity contribution >= 4 is 17.9 Å². The molecule has 0 rings (SSSR count). The van der Waals surface area contributed by atoms with Crippen molar-refractivity contribution in [3.05, 3.63) is 48.6 Å². The number of carbonyl (C=O) groups excluding carboxylic acids is 3. The number of hydrogen-bond donors (Lipinski definition) is 0. The fourth-order valence-electron chi connectivity index (χ4n) is 11.0. The van der Waals surface area contributed by atoms with E-state index in [0.717, 1.165) is 77.0 Å². The predicted octanol–water partition coefficient (Wildman–Crippen LogP) is 25.3. The van der Waals surface area contributed by atoms with Gasteiger partial charge in [0.05, 0.1) is 0 Å². The highest BCUT2D eigenvalue weighted by Gasteiger charge is 2.19. The minimum atomic E-state index is -0.781. The van der Waals surface area contributed by atoms with E-state index in [2.05, 4.69) is 69.4 Å². The van der Waals surface area contributed by atoms with Crippen LogP contribution in [-0.4, -0.2) is 37.2 Å². The molecule has 0 bridgehead atoms. The lowest BCUT2D eigenvalue weighted by molar-refractivity contribution is -0.167. The Morgan fingerprint density at radius 2 is 0.439 bits per heavy atom. The quantitative estimate of drug-likeness (QED) is 0.0261. The van der Waals surface area contributed by atoms with Gasteiger partial charge in [0.1, 0.15) is 13.2 Å². The van der Waals surface area contributed by atoms with Crippen LogP contribution >= 0.6 is 0 Å². The monoisotopic (exact) mass is 1150 g/mol. The third kappa shape index (κ3) is 68.2. The van der Waals surface area contributed by atoms with Crippen LogP contribution < -0.4 is 0 Å². The molecule has 1 unspecified atom stereocenters. The molecule has 0 saturated carbocycles. The summed E-state index contributed by atoms with van der Waals surface area (Å²) in [7, 11) is 0. The second-order valence-corrected chi connectivity index (χ2v) is 24.8. The molecule has 0 aromatic heterocycles. The van der Waals surface area contributed by atoms with E-state index < -0.39 is 6.10 Å². The van der Waals surface area contributed by atoms with E-state index in [1.54, 1.807) is 0 Å². The molecule has 0 amide bonds. The van der Waals surface area contributed by atoms with Crippen LogP contribution in [0.15, 0.2) is 48.6 Å². The van der Waals surface area contributed by atoms with Gasteiger partial charge in [0.25, 0.3) is 0 Å². The fourth-order valence-corrected chi connectivity index (χ4v) is 11.0. The van der Waals surface area contributed by atoms with Gasteiger partial charge in [0, 0.05) is 19.3 Å². The van der Waals surface area contributed by atoms with Crippen molar-refractivity contribution in [1.82, 2.24) is 0 Å². The topological polar surface area (TPSA) is 78.9 Å². The first-order valence-corrected chi connectivity index (χ1v) is 36.6. The van der Waals surface area contributed by atoms with Gasteiger partial charge in [-0.3, -0.25) is 14.4 Å². The molecule has 0 aliphatic heterocycles. The van der Waals surface area contributed by atoms with Gasteiger partial charge >= 0.3 is 17.9 Å². The van der Waals surface area contributed by atoms with E-state index in [0.29, 0.717) is 19.3 Å². The number of allylic oxidation sites excluding steroid dienone is 8. The van der Waals surface area contributed by atoms with Crippen molar-refractivity contribution in [1.29, 1.82) is 0 Å². The molecule has 6 nitrogen and oxygen atoms in total. The Hall–Kier alpha value is -2.63. The summed E-state index contributed by atoms with van der Waals surface area (Å²) < 4.78 is 17.0. The maximum atomic E-state index is 12.9. The number of hydrogen-bond acceptors (Lipinski definition) is 6. The molecule has 1 atom stereocenters. The van der Waals surface area contributed by atoms with Crippen molar-refractivity contribution in [3.8, 4) is 0 Å². The molecule has 0 aliphatic carbocycles. The minimum Gasteiger partial charge on any atom is -0.462 e. The third-order valence-corrected chi connectivity index (χ3v) is 16.5. The molecule has 6 heteroatoms. The summed E-state index contributed by atoms with van der Waals surface area (Å²) in [5.41, 5.74) is 0. The van der Waals surface area contributed by atoms with Gasteiger partial charge in [-0.1, -0.05) is 326 Å². The lowest BCUT2D eigenvalue weighted by atomic mass is 10.0. The Bertz CT molecular complexity index is 1410. The molecule has 0 N–H and O–H groups in total. The average molecular weight is 1150 g/mol. The molecule has 0 heterocycles. The Morgan fingerprint density at radius 1 is 0.244 bits per heavy atom. The Kier molecular flexibility index (Phi) is 68.6. The average Bonchev–Trinajstić information content (AvgIpc) is 3.47. The maximum Gasteiger partial charge on any atom is 0.306 e. The first kappa shape index (κ1) is 79.4. The van der Waals surface area contributed by atoms with Crippen LogP contribution in [0.25, 0.3) is 0 Å². The van der Waals surface area contributed by atoms with E-state index in [1.807, 2.05) is 0 Å². The van der Waals surface area contributed by atoms with Crippen LogP contribution in [0.3, 0.4) is 0 Å².